The van der Waals surface area contributed by atoms with Crippen molar-refractivity contribution in [1.29, 1.82) is 0 Å². The minimum atomic E-state index is -0.500. The monoisotopic (exact) mass is 296 g/mol. The highest BCUT2D eigenvalue weighted by molar-refractivity contribution is 4.79. The van der Waals surface area contributed by atoms with E-state index in [0.29, 0.717) is 12.5 Å². The third-order valence-corrected chi connectivity index (χ3v) is 0.365. The highest BCUT2D eigenvalue weighted by Crippen LogP contribution is 1.93. The summed E-state index contributed by atoms with van der Waals surface area (Å²) in [7, 11) is 0. The van der Waals surface area contributed by atoms with Gasteiger partial charge in [0.05, 0.1) is 5.60 Å². The van der Waals surface area contributed by atoms with Crippen molar-refractivity contribution in [2.24, 2.45) is 5.92 Å². The Morgan fingerprint density at radius 2 is 0.950 bits per heavy atom. The van der Waals surface area contributed by atoms with Crippen LogP contribution in [0.3, 0.4) is 0 Å². The maximum absolute atomic E-state index is 8.52. The number of aliphatic hydroxyl groups is 2. The van der Waals surface area contributed by atoms with Crippen LogP contribution in [0, 0.1) is 5.92 Å². The fourth-order valence-electron chi connectivity index (χ4n) is 0. The zero-order chi connectivity index (χ0) is 15.9. The van der Waals surface area contributed by atoms with Crippen molar-refractivity contribution in [2.75, 3.05) is 6.61 Å². The second kappa shape index (κ2) is 23.4. The Labute approximate surface area is 126 Å². The van der Waals surface area contributed by atoms with Crippen molar-refractivity contribution in [2.45, 2.75) is 67.9 Å². The van der Waals surface area contributed by atoms with Crippen molar-refractivity contribution in [3.8, 4) is 0 Å². The molecule has 0 bridgehead atoms. The topological polar surface area (TPSA) is 103 Å². The summed E-state index contributed by atoms with van der Waals surface area (Å²) < 4.78 is 0. The van der Waals surface area contributed by atoms with Crippen molar-refractivity contribution in [3.05, 3.63) is 24.3 Å². The van der Waals surface area contributed by atoms with Crippen LogP contribution < -0.4 is 0 Å². The van der Waals surface area contributed by atoms with Crippen molar-refractivity contribution < 1.29 is 21.2 Å². The third kappa shape index (κ3) is 2650. The van der Waals surface area contributed by atoms with Crippen LogP contribution in [-0.2, 0) is 0 Å². The van der Waals surface area contributed by atoms with Crippen LogP contribution in [0.25, 0.3) is 0 Å². The molecule has 0 heterocycles. The molecule has 0 fully saturated rings. The molecular weight excluding hydrogens is 256 g/mol. The van der Waals surface area contributed by atoms with E-state index in [-0.39, 0.29) is 11.0 Å². The molecule has 0 aromatic rings. The lowest BCUT2D eigenvalue weighted by atomic mass is 10.2. The maximum atomic E-state index is 8.52. The minimum absolute atomic E-state index is 0. The SMILES string of the molecule is C=C(C)C.C=C(C)C.CC(C)(C)O.CC(C)CO.O.O. The van der Waals surface area contributed by atoms with Crippen LogP contribution in [0.4, 0.5) is 0 Å². The van der Waals surface area contributed by atoms with E-state index in [9.17, 15) is 0 Å². The van der Waals surface area contributed by atoms with Gasteiger partial charge in [-0.2, -0.15) is 0 Å². The third-order valence-electron chi connectivity index (χ3n) is 0.365. The van der Waals surface area contributed by atoms with E-state index >= 15 is 0 Å². The first kappa shape index (κ1) is 36.5. The molecule has 20 heavy (non-hydrogen) atoms. The maximum Gasteiger partial charge on any atom is 0.0563 e. The average molecular weight is 296 g/mol. The highest BCUT2D eigenvalue weighted by atomic mass is 16.3. The number of hydrogen-bond acceptors (Lipinski definition) is 2. The fraction of sp³-hybridized carbons (Fsp3) is 0.750. The first-order valence-corrected chi connectivity index (χ1v) is 6.31. The molecule has 0 aliphatic carbocycles. The first-order valence-electron chi connectivity index (χ1n) is 6.31. The summed E-state index contributed by atoms with van der Waals surface area (Å²) in [5.41, 5.74) is 1.83. The molecule has 0 aromatic carbocycles. The molecule has 0 aromatic heterocycles. The first-order chi connectivity index (χ1) is 7.73. The fourth-order valence-corrected chi connectivity index (χ4v) is 0. The molecule has 4 heteroatoms. The molecular formula is C16H40O4. The lowest BCUT2D eigenvalue weighted by molar-refractivity contribution is 0.102. The summed E-state index contributed by atoms with van der Waals surface area (Å²) in [6.07, 6.45) is 0. The number of aliphatic hydroxyl groups excluding tert-OH is 1. The smallest absolute Gasteiger partial charge is 0.0563 e. The summed E-state index contributed by atoms with van der Waals surface area (Å²) in [6.45, 7) is 24.5. The molecule has 0 unspecified atom stereocenters. The standard InChI is InChI=1S/2C4H10O.2C4H8.2H2O/c1-4(2,3)5;1-4(2)3-5;2*1-4(2)3;;/h5H,1-3H3;4-5H,3H2,1-2H3;2*1H2,2-3H3;2*1H2. The average Bonchev–Trinajstić information content (AvgIpc) is 1.98. The van der Waals surface area contributed by atoms with Gasteiger partial charge in [0.25, 0.3) is 0 Å². The molecule has 0 amide bonds. The quantitative estimate of drug-likeness (QED) is 0.726. The van der Waals surface area contributed by atoms with Gasteiger partial charge in [0.2, 0.25) is 0 Å². The Morgan fingerprint density at radius 1 is 0.900 bits per heavy atom. The molecule has 0 spiro atoms. The Kier molecular flexibility index (Phi) is 42.8. The molecule has 0 rings (SSSR count). The lowest BCUT2D eigenvalue weighted by Crippen LogP contribution is -2.10. The van der Waals surface area contributed by atoms with E-state index in [4.69, 9.17) is 10.2 Å². The summed E-state index contributed by atoms with van der Waals surface area (Å²) in [5.74, 6) is 0.440. The summed E-state index contributed by atoms with van der Waals surface area (Å²) in [4.78, 5) is 0. The van der Waals surface area contributed by atoms with Gasteiger partial charge in [0.15, 0.2) is 0 Å². The Balaban J connectivity index is -0.0000000318. The van der Waals surface area contributed by atoms with Gasteiger partial charge in [-0.25, -0.2) is 0 Å². The van der Waals surface area contributed by atoms with E-state index in [1.54, 1.807) is 20.8 Å². The summed E-state index contributed by atoms with van der Waals surface area (Å²) in [6, 6.07) is 0. The van der Waals surface area contributed by atoms with Crippen LogP contribution in [-0.4, -0.2) is 33.4 Å². The molecule has 0 radical (unpaired) electrons. The Hall–Kier alpha value is -0.680. The predicted octanol–water partition coefficient (Wildman–Crippen LogP) is 2.93. The van der Waals surface area contributed by atoms with E-state index in [2.05, 4.69) is 13.2 Å². The molecule has 0 atom stereocenters. The van der Waals surface area contributed by atoms with Gasteiger partial charge in [0.1, 0.15) is 0 Å². The Bertz CT molecular complexity index is 165. The summed E-state index contributed by atoms with van der Waals surface area (Å²) in [5, 5.41) is 16.7. The van der Waals surface area contributed by atoms with Crippen molar-refractivity contribution in [1.82, 2.24) is 0 Å². The molecule has 4 nitrogen and oxygen atoms in total. The van der Waals surface area contributed by atoms with Crippen LogP contribution in [0.2, 0.25) is 0 Å². The van der Waals surface area contributed by atoms with E-state index in [1.165, 1.54) is 11.1 Å². The van der Waals surface area contributed by atoms with Gasteiger partial charge < -0.3 is 21.2 Å². The zero-order valence-electron chi connectivity index (χ0n) is 15.1. The molecule has 0 saturated heterocycles. The summed E-state index contributed by atoms with van der Waals surface area (Å²) >= 11 is 0. The lowest BCUT2D eigenvalue weighted by Gasteiger charge is -2.04. The van der Waals surface area contributed by atoms with Crippen molar-refractivity contribution >= 4 is 0 Å². The van der Waals surface area contributed by atoms with Gasteiger partial charge >= 0.3 is 0 Å². The second-order valence-electron chi connectivity index (χ2n) is 6.16. The van der Waals surface area contributed by atoms with Crippen LogP contribution in [0.1, 0.15) is 62.3 Å². The zero-order valence-corrected chi connectivity index (χ0v) is 15.1. The van der Waals surface area contributed by atoms with Gasteiger partial charge in [-0.05, 0) is 54.4 Å². The number of rotatable bonds is 1. The van der Waals surface area contributed by atoms with Gasteiger partial charge in [-0.15, -0.1) is 13.2 Å². The Morgan fingerprint density at radius 3 is 0.950 bits per heavy atom. The van der Waals surface area contributed by atoms with Gasteiger partial charge in [-0.3, -0.25) is 0 Å². The number of allylic oxidation sites excluding steroid dienone is 2. The highest BCUT2D eigenvalue weighted by Gasteiger charge is 1.97. The minimum Gasteiger partial charge on any atom is -0.412 e. The van der Waals surface area contributed by atoms with Crippen molar-refractivity contribution in [3.63, 3.8) is 0 Å². The van der Waals surface area contributed by atoms with Crippen LogP contribution >= 0.6 is 0 Å². The van der Waals surface area contributed by atoms with Gasteiger partial charge in [0, 0.05) is 6.61 Å². The predicted molar refractivity (Wildman–Crippen MR) is 92.1 cm³/mol. The molecule has 6 N–H and O–H groups in total. The molecule has 0 saturated carbocycles. The van der Waals surface area contributed by atoms with E-state index in [1.807, 2.05) is 41.5 Å². The molecule has 0 aliphatic heterocycles. The molecule has 0 aliphatic rings. The normalized spacial score (nSPS) is 8.00. The van der Waals surface area contributed by atoms with Crippen LogP contribution in [0.5, 0.6) is 0 Å². The number of hydrogen-bond donors (Lipinski definition) is 2. The van der Waals surface area contributed by atoms with E-state index in [0.717, 1.165) is 0 Å². The van der Waals surface area contributed by atoms with Gasteiger partial charge in [-0.1, -0.05) is 25.0 Å². The largest absolute Gasteiger partial charge is 0.412 e. The second-order valence-corrected chi connectivity index (χ2v) is 6.16. The van der Waals surface area contributed by atoms with Crippen LogP contribution in [0.15, 0.2) is 24.3 Å². The molecule has 128 valence electrons. The van der Waals surface area contributed by atoms with E-state index < -0.39 is 5.60 Å².